The van der Waals surface area contributed by atoms with Crippen LogP contribution in [0.4, 0.5) is 0 Å². The van der Waals surface area contributed by atoms with Gasteiger partial charge in [0.05, 0.1) is 15.1 Å². The third-order valence-corrected chi connectivity index (χ3v) is 6.54. The normalized spacial score (nSPS) is 23.8. The van der Waals surface area contributed by atoms with Crippen LogP contribution < -0.4 is 4.74 Å². The molecule has 144 valence electrons. The molecule has 0 bridgehead atoms. The predicted molar refractivity (Wildman–Crippen MR) is 107 cm³/mol. The van der Waals surface area contributed by atoms with Crippen LogP contribution >= 0.6 is 34.8 Å². The molecule has 26 heavy (non-hydrogen) atoms. The lowest BCUT2D eigenvalue weighted by Gasteiger charge is -2.42. The molecular formula is C19H25Cl3N2O2. The highest BCUT2D eigenvalue weighted by Crippen LogP contribution is 2.34. The van der Waals surface area contributed by atoms with Crippen molar-refractivity contribution in [3.8, 4) is 5.75 Å². The Kier molecular flexibility index (Phi) is 6.95. The number of carbonyl (C=O) groups excluding carboxylic acids is 1. The van der Waals surface area contributed by atoms with Crippen LogP contribution in [0.15, 0.2) is 12.1 Å². The summed E-state index contributed by atoms with van der Waals surface area (Å²) in [5, 5.41) is 1.07. The maximum Gasteiger partial charge on any atom is 0.260 e. The van der Waals surface area contributed by atoms with Crippen LogP contribution in [0.1, 0.15) is 38.5 Å². The van der Waals surface area contributed by atoms with Crippen LogP contribution in [-0.4, -0.2) is 54.5 Å². The van der Waals surface area contributed by atoms with Gasteiger partial charge in [0.1, 0.15) is 5.75 Å². The molecule has 0 aromatic heterocycles. The third kappa shape index (κ3) is 4.59. The largest absolute Gasteiger partial charge is 0.482 e. The number of likely N-dealkylation sites (N-methyl/N-ethyl adjacent to an activating group) is 1. The summed E-state index contributed by atoms with van der Waals surface area (Å²) in [4.78, 5) is 17.1. The van der Waals surface area contributed by atoms with E-state index >= 15 is 0 Å². The van der Waals surface area contributed by atoms with E-state index in [1.54, 1.807) is 6.07 Å². The minimum Gasteiger partial charge on any atom is -0.482 e. The van der Waals surface area contributed by atoms with Gasteiger partial charge in [-0.15, -0.1) is 0 Å². The van der Waals surface area contributed by atoms with Crippen molar-refractivity contribution in [2.45, 2.75) is 50.6 Å². The van der Waals surface area contributed by atoms with Crippen LogP contribution in [0.5, 0.6) is 5.75 Å². The summed E-state index contributed by atoms with van der Waals surface area (Å²) >= 11 is 18.1. The first-order valence-electron chi connectivity index (χ1n) is 9.24. The standard InChI is InChI=1S/C19H25Cl3N2O2/c1-23(16-6-2-3-7-17(16)24-8-4-5-9-24)19(25)12-26-18-11-14(21)13(20)10-15(18)22/h10-11,16-17H,2-9,12H2,1H3/t16-,17-/m1/s1. The smallest absolute Gasteiger partial charge is 0.260 e. The molecule has 2 aliphatic rings. The number of halogens is 3. The number of nitrogens with zero attached hydrogens (tertiary/aromatic N) is 2. The zero-order chi connectivity index (χ0) is 18.7. The highest BCUT2D eigenvalue weighted by atomic mass is 35.5. The molecule has 3 rings (SSSR count). The van der Waals surface area contributed by atoms with Gasteiger partial charge < -0.3 is 9.64 Å². The molecule has 0 unspecified atom stereocenters. The number of hydrogen-bond donors (Lipinski definition) is 0. The fraction of sp³-hybridized carbons (Fsp3) is 0.632. The van der Waals surface area contributed by atoms with Crippen LogP contribution in [0, 0.1) is 0 Å². The van der Waals surface area contributed by atoms with E-state index in [2.05, 4.69) is 4.90 Å². The topological polar surface area (TPSA) is 32.8 Å². The Balaban J connectivity index is 1.62. The first-order chi connectivity index (χ1) is 12.5. The Morgan fingerprint density at radius 3 is 2.46 bits per heavy atom. The molecule has 4 nitrogen and oxygen atoms in total. The van der Waals surface area contributed by atoms with Crippen molar-refractivity contribution in [2.75, 3.05) is 26.7 Å². The summed E-state index contributed by atoms with van der Waals surface area (Å²) in [7, 11) is 1.89. The van der Waals surface area contributed by atoms with E-state index in [-0.39, 0.29) is 18.6 Å². The molecule has 1 saturated carbocycles. The maximum atomic E-state index is 12.7. The van der Waals surface area contributed by atoms with Crippen molar-refractivity contribution < 1.29 is 9.53 Å². The van der Waals surface area contributed by atoms with Gasteiger partial charge in [0.2, 0.25) is 0 Å². The lowest BCUT2D eigenvalue weighted by Crippen LogP contribution is -2.53. The molecule has 1 aromatic carbocycles. The highest BCUT2D eigenvalue weighted by molar-refractivity contribution is 6.43. The maximum absolute atomic E-state index is 12.7. The van der Waals surface area contributed by atoms with Gasteiger partial charge in [0, 0.05) is 25.2 Å². The second kappa shape index (κ2) is 9.01. The molecule has 1 aromatic rings. The predicted octanol–water partition coefficient (Wildman–Crippen LogP) is 4.89. The third-order valence-electron chi connectivity index (χ3n) is 5.52. The molecular weight excluding hydrogens is 395 g/mol. The summed E-state index contributed by atoms with van der Waals surface area (Å²) in [6, 6.07) is 3.79. The number of ether oxygens (including phenoxy) is 1. The number of benzene rings is 1. The molecule has 0 N–H and O–H groups in total. The quantitative estimate of drug-likeness (QED) is 0.637. The molecule has 1 aliphatic heterocycles. The monoisotopic (exact) mass is 418 g/mol. The van der Waals surface area contributed by atoms with Crippen molar-refractivity contribution >= 4 is 40.7 Å². The molecule has 2 atom stereocenters. The van der Waals surface area contributed by atoms with Gasteiger partial charge in [-0.2, -0.15) is 0 Å². The van der Waals surface area contributed by atoms with Crippen LogP contribution in [0.25, 0.3) is 0 Å². The van der Waals surface area contributed by atoms with Crippen LogP contribution in [-0.2, 0) is 4.79 Å². The van der Waals surface area contributed by atoms with Gasteiger partial charge in [0.15, 0.2) is 6.61 Å². The average Bonchev–Trinajstić information content (AvgIpc) is 3.17. The molecule has 1 saturated heterocycles. The van der Waals surface area contributed by atoms with E-state index in [1.165, 1.54) is 38.2 Å². The SMILES string of the molecule is CN(C(=O)COc1cc(Cl)c(Cl)cc1Cl)[C@@H]1CCCC[C@H]1N1CCCC1. The molecule has 1 amide bonds. The number of hydrogen-bond acceptors (Lipinski definition) is 3. The summed E-state index contributed by atoms with van der Waals surface area (Å²) < 4.78 is 5.63. The fourth-order valence-electron chi connectivity index (χ4n) is 4.08. The van der Waals surface area contributed by atoms with Crippen molar-refractivity contribution in [3.05, 3.63) is 27.2 Å². The lowest BCUT2D eigenvalue weighted by atomic mass is 9.88. The molecule has 2 fully saturated rings. The average molecular weight is 420 g/mol. The number of carbonyl (C=O) groups is 1. The van der Waals surface area contributed by atoms with Crippen molar-refractivity contribution in [1.82, 2.24) is 9.80 Å². The highest BCUT2D eigenvalue weighted by Gasteiger charge is 2.35. The summed E-state index contributed by atoms with van der Waals surface area (Å²) in [6.07, 6.45) is 7.17. The molecule has 1 heterocycles. The minimum atomic E-state index is -0.0581. The zero-order valence-corrected chi connectivity index (χ0v) is 17.3. The number of rotatable bonds is 5. The molecule has 7 heteroatoms. The Labute approximate surface area is 170 Å². The van der Waals surface area contributed by atoms with Crippen molar-refractivity contribution in [3.63, 3.8) is 0 Å². The number of amides is 1. The Morgan fingerprint density at radius 2 is 1.73 bits per heavy atom. The molecule has 1 aliphatic carbocycles. The van der Waals surface area contributed by atoms with Gasteiger partial charge in [-0.25, -0.2) is 0 Å². The van der Waals surface area contributed by atoms with Crippen LogP contribution in [0.3, 0.4) is 0 Å². The van der Waals surface area contributed by atoms with Gasteiger partial charge in [0.25, 0.3) is 5.91 Å². The second-order valence-corrected chi connectivity index (χ2v) is 8.37. The fourth-order valence-corrected chi connectivity index (χ4v) is 4.68. The molecule has 0 radical (unpaired) electrons. The minimum absolute atomic E-state index is 0.0387. The van der Waals surface area contributed by atoms with E-state index in [4.69, 9.17) is 39.5 Å². The van der Waals surface area contributed by atoms with Crippen molar-refractivity contribution in [2.24, 2.45) is 0 Å². The molecule has 0 spiro atoms. The summed E-state index contributed by atoms with van der Waals surface area (Å²) in [5.74, 6) is 0.339. The van der Waals surface area contributed by atoms with Crippen molar-refractivity contribution in [1.29, 1.82) is 0 Å². The second-order valence-electron chi connectivity index (χ2n) is 7.15. The summed E-state index contributed by atoms with van der Waals surface area (Å²) in [5.41, 5.74) is 0. The Morgan fingerprint density at radius 1 is 1.08 bits per heavy atom. The van der Waals surface area contributed by atoms with Crippen LogP contribution in [0.2, 0.25) is 15.1 Å². The van der Waals surface area contributed by atoms with E-state index in [9.17, 15) is 4.79 Å². The van der Waals surface area contributed by atoms with E-state index < -0.39 is 0 Å². The van der Waals surface area contributed by atoms with Gasteiger partial charge in [-0.1, -0.05) is 47.6 Å². The van der Waals surface area contributed by atoms with E-state index in [0.717, 1.165) is 19.5 Å². The van der Waals surface area contributed by atoms with E-state index in [0.29, 0.717) is 26.9 Å². The Hall–Kier alpha value is -0.680. The van der Waals surface area contributed by atoms with E-state index in [1.807, 2.05) is 11.9 Å². The Bertz CT molecular complexity index is 650. The number of likely N-dealkylation sites (tertiary alicyclic amines) is 1. The van der Waals surface area contributed by atoms with Gasteiger partial charge >= 0.3 is 0 Å². The lowest BCUT2D eigenvalue weighted by molar-refractivity contribution is -0.136. The van der Waals surface area contributed by atoms with Gasteiger partial charge in [-0.05, 0) is 44.8 Å². The summed E-state index contributed by atoms with van der Waals surface area (Å²) in [6.45, 7) is 2.24. The van der Waals surface area contributed by atoms with Gasteiger partial charge in [-0.3, -0.25) is 9.69 Å². The zero-order valence-electron chi connectivity index (χ0n) is 15.0. The first-order valence-corrected chi connectivity index (χ1v) is 10.4. The first kappa shape index (κ1) is 20.1.